The van der Waals surface area contributed by atoms with Crippen LogP contribution in [0.2, 0.25) is 5.02 Å². The van der Waals surface area contributed by atoms with E-state index >= 15 is 0 Å². The Morgan fingerprint density at radius 2 is 1.72 bits per heavy atom. The first-order chi connectivity index (χ1) is 24.3. The Labute approximate surface area is 295 Å². The summed E-state index contributed by atoms with van der Waals surface area (Å²) in [6.45, 7) is 3.22. The maximum atomic E-state index is 12.7. The van der Waals surface area contributed by atoms with Crippen molar-refractivity contribution in [3.63, 3.8) is 0 Å². The van der Waals surface area contributed by atoms with Gasteiger partial charge in [-0.2, -0.15) is 5.10 Å². The second-order valence-electron chi connectivity index (χ2n) is 13.9. The number of carbonyl (C=O) groups excluding carboxylic acids is 2. The van der Waals surface area contributed by atoms with Crippen LogP contribution in [0, 0.1) is 0 Å². The van der Waals surface area contributed by atoms with Crippen molar-refractivity contribution < 1.29 is 19.4 Å². The summed E-state index contributed by atoms with van der Waals surface area (Å²) in [6.07, 6.45) is 11.3. The molecule has 2 amide bonds. The lowest BCUT2D eigenvalue weighted by Gasteiger charge is -2.42. The molecule has 5 heterocycles. The molecule has 1 aliphatic carbocycles. The quantitative estimate of drug-likeness (QED) is 0.226. The number of phenolic OH excluding ortho intramolecular Hbond substituents is 1. The third-order valence-corrected chi connectivity index (χ3v) is 11.3. The summed E-state index contributed by atoms with van der Waals surface area (Å²) in [7, 11) is 0. The van der Waals surface area contributed by atoms with Gasteiger partial charge in [0.05, 0.1) is 35.2 Å². The standard InChI is InChI=1S/C37H41ClN8O4/c38-29-5-1-4-27(34(29)48)30-19-28(36(39)43-42-30)23-20-40-46(21-23)25-13-15-44(16-14-25)24-9-7-22(8-10-24)26-3-2-6-31-35(26)50-18-17-45(31)32-11-12-33(47)41-37(32)49/h1-6,19-22,24-25,32,48H,7-18H2,(H2,39,43)(H,41,47,49)/t22?,24?,32-/m1/s1. The van der Waals surface area contributed by atoms with E-state index in [1.165, 1.54) is 5.56 Å². The highest BCUT2D eigenvalue weighted by molar-refractivity contribution is 6.32. The minimum absolute atomic E-state index is 0.0403. The molecule has 2 aromatic heterocycles. The number of nitrogens with zero attached hydrogens (tertiary/aromatic N) is 6. The van der Waals surface area contributed by atoms with E-state index in [2.05, 4.69) is 42.1 Å². The van der Waals surface area contributed by atoms with Crippen LogP contribution in [0.4, 0.5) is 11.5 Å². The lowest BCUT2D eigenvalue weighted by Crippen LogP contribution is -2.54. The number of benzene rings is 2. The number of anilines is 2. The molecule has 50 heavy (non-hydrogen) atoms. The molecule has 0 radical (unpaired) electrons. The van der Waals surface area contributed by atoms with Crippen LogP contribution >= 0.6 is 11.6 Å². The molecule has 2 saturated heterocycles. The average molecular weight is 697 g/mol. The van der Waals surface area contributed by atoms with Gasteiger partial charge in [0.25, 0.3) is 0 Å². The molecule has 0 bridgehead atoms. The Kier molecular flexibility index (Phi) is 8.82. The minimum atomic E-state index is -0.341. The van der Waals surface area contributed by atoms with Crippen LogP contribution in [0.5, 0.6) is 11.5 Å². The van der Waals surface area contributed by atoms with Crippen molar-refractivity contribution in [2.75, 3.05) is 36.9 Å². The highest BCUT2D eigenvalue weighted by Gasteiger charge is 2.37. The van der Waals surface area contributed by atoms with Crippen molar-refractivity contribution in [3.8, 4) is 33.9 Å². The Balaban J connectivity index is 0.886. The number of rotatable bonds is 6. The monoisotopic (exact) mass is 696 g/mol. The number of carbonyl (C=O) groups is 2. The number of amides is 2. The number of nitrogens with one attached hydrogen (secondary N) is 1. The summed E-state index contributed by atoms with van der Waals surface area (Å²) < 4.78 is 8.32. The van der Waals surface area contributed by atoms with E-state index in [0.717, 1.165) is 68.6 Å². The summed E-state index contributed by atoms with van der Waals surface area (Å²) in [6, 6.07) is 13.8. The van der Waals surface area contributed by atoms with Crippen molar-refractivity contribution in [2.24, 2.45) is 0 Å². The largest absolute Gasteiger partial charge is 0.506 e. The molecule has 4 N–H and O–H groups in total. The number of halogens is 1. The lowest BCUT2D eigenvalue weighted by atomic mass is 9.80. The predicted octanol–water partition coefficient (Wildman–Crippen LogP) is 5.32. The average Bonchev–Trinajstić information content (AvgIpc) is 3.63. The van der Waals surface area contributed by atoms with E-state index in [9.17, 15) is 14.7 Å². The van der Waals surface area contributed by atoms with Crippen molar-refractivity contribution in [3.05, 3.63) is 65.4 Å². The van der Waals surface area contributed by atoms with Gasteiger partial charge in [-0.15, -0.1) is 10.2 Å². The minimum Gasteiger partial charge on any atom is -0.506 e. The number of imide groups is 1. The van der Waals surface area contributed by atoms with Gasteiger partial charge in [0.1, 0.15) is 24.1 Å². The predicted molar refractivity (Wildman–Crippen MR) is 190 cm³/mol. The Bertz CT molecular complexity index is 1920. The molecule has 8 rings (SSSR count). The smallest absolute Gasteiger partial charge is 0.249 e. The number of ether oxygens (including phenoxy) is 1. The zero-order valence-electron chi connectivity index (χ0n) is 27.8. The fourth-order valence-electron chi connectivity index (χ4n) is 8.35. The number of phenols is 1. The first kappa shape index (κ1) is 32.5. The van der Waals surface area contributed by atoms with Crippen molar-refractivity contribution in [1.29, 1.82) is 0 Å². The third kappa shape index (κ3) is 6.15. The third-order valence-electron chi connectivity index (χ3n) is 11.0. The van der Waals surface area contributed by atoms with Crippen LogP contribution in [0.25, 0.3) is 22.4 Å². The van der Waals surface area contributed by atoms with Crippen LogP contribution in [0.15, 0.2) is 54.9 Å². The van der Waals surface area contributed by atoms with Crippen molar-refractivity contribution in [1.82, 2.24) is 30.2 Å². The summed E-state index contributed by atoms with van der Waals surface area (Å²) in [5, 5.41) is 26.3. The number of piperidine rings is 2. The van der Waals surface area contributed by atoms with E-state index in [1.54, 1.807) is 18.2 Å². The van der Waals surface area contributed by atoms with Gasteiger partial charge in [0.15, 0.2) is 5.82 Å². The van der Waals surface area contributed by atoms with E-state index < -0.39 is 0 Å². The number of nitrogen functional groups attached to an aromatic ring is 1. The lowest BCUT2D eigenvalue weighted by molar-refractivity contribution is -0.134. The molecule has 12 nitrogen and oxygen atoms in total. The number of aromatic hydroxyl groups is 1. The Morgan fingerprint density at radius 3 is 2.52 bits per heavy atom. The van der Waals surface area contributed by atoms with Crippen molar-refractivity contribution >= 4 is 34.9 Å². The van der Waals surface area contributed by atoms with Gasteiger partial charge >= 0.3 is 0 Å². The van der Waals surface area contributed by atoms with E-state index in [-0.39, 0.29) is 28.6 Å². The van der Waals surface area contributed by atoms with Gasteiger partial charge in [-0.3, -0.25) is 19.6 Å². The van der Waals surface area contributed by atoms with Gasteiger partial charge in [0.2, 0.25) is 11.8 Å². The molecular formula is C37H41ClN8O4. The van der Waals surface area contributed by atoms with Crippen LogP contribution in [0.1, 0.15) is 68.9 Å². The van der Waals surface area contributed by atoms with Gasteiger partial charge < -0.3 is 25.4 Å². The van der Waals surface area contributed by atoms with Gasteiger partial charge in [-0.25, -0.2) is 0 Å². The molecular weight excluding hydrogens is 656 g/mol. The van der Waals surface area contributed by atoms with Crippen molar-refractivity contribution in [2.45, 2.75) is 75.4 Å². The fraction of sp³-hybridized carbons (Fsp3) is 0.432. The molecule has 3 aliphatic heterocycles. The highest BCUT2D eigenvalue weighted by Crippen LogP contribution is 2.45. The molecule has 13 heteroatoms. The summed E-state index contributed by atoms with van der Waals surface area (Å²) in [5.41, 5.74) is 11.0. The first-order valence-electron chi connectivity index (χ1n) is 17.6. The first-order valence-corrected chi connectivity index (χ1v) is 18.0. The van der Waals surface area contributed by atoms with E-state index in [0.29, 0.717) is 66.6 Å². The van der Waals surface area contributed by atoms with Gasteiger partial charge in [-0.05, 0) is 80.7 Å². The molecule has 1 atom stereocenters. The number of hydrogen-bond acceptors (Lipinski definition) is 10. The molecule has 0 spiro atoms. The van der Waals surface area contributed by atoms with Gasteiger partial charge in [-0.1, -0.05) is 29.8 Å². The maximum Gasteiger partial charge on any atom is 0.249 e. The topological polar surface area (TPSA) is 152 Å². The molecule has 2 aromatic carbocycles. The van der Waals surface area contributed by atoms with Crippen LogP contribution < -0.4 is 20.7 Å². The maximum absolute atomic E-state index is 12.7. The SMILES string of the molecule is Nc1nnc(-c2cccc(Cl)c2O)cc1-c1cnn(C2CCN(C3CCC(c4cccc5c4OCCN5[C@@H]4CCC(=O)NC4=O)CC3)CC2)c1. The molecule has 260 valence electrons. The zero-order chi connectivity index (χ0) is 34.4. The number of aromatic nitrogens is 4. The Morgan fingerprint density at radius 1 is 0.920 bits per heavy atom. The number of para-hydroxylation sites is 2. The molecule has 1 saturated carbocycles. The molecule has 0 unspecified atom stereocenters. The number of nitrogens with two attached hydrogens (primary N) is 1. The highest BCUT2D eigenvalue weighted by atomic mass is 35.5. The second kappa shape index (κ2) is 13.6. The zero-order valence-corrected chi connectivity index (χ0v) is 28.6. The van der Waals surface area contributed by atoms with Crippen LogP contribution in [-0.4, -0.2) is 80.1 Å². The summed E-state index contributed by atoms with van der Waals surface area (Å²) in [5.74, 6) is 1.19. The Hall–Kier alpha value is -4.68. The normalized spacial score (nSPS) is 23.3. The number of fused-ring (bicyclic) bond motifs is 1. The number of hydrogen-bond donors (Lipinski definition) is 3. The molecule has 4 aromatic rings. The summed E-state index contributed by atoms with van der Waals surface area (Å²) in [4.78, 5) is 29.2. The van der Waals surface area contributed by atoms with E-state index in [1.807, 2.05) is 24.5 Å². The second-order valence-corrected chi connectivity index (χ2v) is 14.3. The fourth-order valence-corrected chi connectivity index (χ4v) is 8.52. The molecule has 4 aliphatic rings. The van der Waals surface area contributed by atoms with E-state index in [4.69, 9.17) is 27.2 Å². The molecule has 3 fully saturated rings. The summed E-state index contributed by atoms with van der Waals surface area (Å²) >= 11 is 6.13. The van der Waals surface area contributed by atoms with Crippen LogP contribution in [-0.2, 0) is 9.59 Å². The van der Waals surface area contributed by atoms with Gasteiger partial charge in [0, 0.05) is 48.4 Å². The van der Waals surface area contributed by atoms with Crippen LogP contribution in [0.3, 0.4) is 0 Å². The number of likely N-dealkylation sites (tertiary alicyclic amines) is 1.